The molecule has 130 valence electrons. The molecule has 25 heavy (non-hydrogen) atoms. The number of benzene rings is 2. The van der Waals surface area contributed by atoms with E-state index in [0.717, 1.165) is 27.8 Å². The number of anilines is 2. The van der Waals surface area contributed by atoms with Gasteiger partial charge in [-0.15, -0.1) is 11.3 Å². The zero-order chi connectivity index (χ0) is 17.9. The van der Waals surface area contributed by atoms with Gasteiger partial charge in [0, 0.05) is 16.6 Å². The average molecular weight is 375 g/mol. The fourth-order valence-electron chi connectivity index (χ4n) is 2.20. The molecule has 0 radical (unpaired) electrons. The molecule has 2 N–H and O–H groups in total. The van der Waals surface area contributed by atoms with Crippen molar-refractivity contribution in [2.24, 2.45) is 0 Å². The topological polar surface area (TPSA) is 80.3 Å². The normalized spacial score (nSPS) is 11.3. The van der Waals surface area contributed by atoms with Gasteiger partial charge >= 0.3 is 0 Å². The van der Waals surface area contributed by atoms with Crippen molar-refractivity contribution in [1.29, 1.82) is 0 Å². The van der Waals surface area contributed by atoms with Gasteiger partial charge in [-0.3, -0.25) is 0 Å². The van der Waals surface area contributed by atoms with Gasteiger partial charge < -0.3 is 10.1 Å². The molecule has 6 nitrogen and oxygen atoms in total. The van der Waals surface area contributed by atoms with E-state index in [2.05, 4.69) is 15.0 Å². The Balaban J connectivity index is 1.77. The lowest BCUT2D eigenvalue weighted by Crippen LogP contribution is -2.18. The molecule has 0 aliphatic rings. The third-order valence-corrected chi connectivity index (χ3v) is 5.74. The van der Waals surface area contributed by atoms with Crippen molar-refractivity contribution in [1.82, 2.24) is 9.71 Å². The Labute approximate surface area is 150 Å². The van der Waals surface area contributed by atoms with Crippen LogP contribution in [-0.4, -0.2) is 27.6 Å². The first-order valence-electron chi connectivity index (χ1n) is 7.42. The second-order valence-electron chi connectivity index (χ2n) is 5.13. The summed E-state index contributed by atoms with van der Waals surface area (Å²) in [5, 5.41) is 5.86. The van der Waals surface area contributed by atoms with Gasteiger partial charge in [-0.25, -0.2) is 18.1 Å². The molecule has 0 saturated carbocycles. The number of sulfonamides is 1. The van der Waals surface area contributed by atoms with Crippen LogP contribution in [0.5, 0.6) is 5.75 Å². The molecule has 0 fully saturated rings. The second-order valence-corrected chi connectivity index (χ2v) is 7.87. The molecular formula is C17H17N3O3S2. The van der Waals surface area contributed by atoms with Crippen molar-refractivity contribution >= 4 is 32.2 Å². The van der Waals surface area contributed by atoms with Crippen LogP contribution >= 0.6 is 11.3 Å². The van der Waals surface area contributed by atoms with E-state index in [1.165, 1.54) is 18.4 Å². The summed E-state index contributed by atoms with van der Waals surface area (Å²) in [6.45, 7) is 0. The molecule has 1 aromatic heterocycles. The smallest absolute Gasteiger partial charge is 0.240 e. The molecule has 0 aliphatic heterocycles. The Kier molecular flexibility index (Phi) is 5.03. The van der Waals surface area contributed by atoms with E-state index in [4.69, 9.17) is 4.74 Å². The minimum absolute atomic E-state index is 0.219. The van der Waals surface area contributed by atoms with Crippen LogP contribution in [0, 0.1) is 0 Å². The Morgan fingerprint density at radius 1 is 1.12 bits per heavy atom. The van der Waals surface area contributed by atoms with Crippen LogP contribution in [0.3, 0.4) is 0 Å². The van der Waals surface area contributed by atoms with E-state index in [-0.39, 0.29) is 4.90 Å². The monoisotopic (exact) mass is 375 g/mol. The van der Waals surface area contributed by atoms with Gasteiger partial charge in [-0.2, -0.15) is 0 Å². The van der Waals surface area contributed by atoms with Crippen molar-refractivity contribution in [2.45, 2.75) is 4.90 Å². The van der Waals surface area contributed by atoms with Crippen LogP contribution in [0.4, 0.5) is 10.8 Å². The first-order valence-corrected chi connectivity index (χ1v) is 9.79. The van der Waals surface area contributed by atoms with Crippen molar-refractivity contribution in [3.05, 3.63) is 53.9 Å². The van der Waals surface area contributed by atoms with Crippen LogP contribution < -0.4 is 14.8 Å². The highest BCUT2D eigenvalue weighted by Gasteiger charge is 2.11. The average Bonchev–Trinajstić information content (AvgIpc) is 3.11. The van der Waals surface area contributed by atoms with E-state index >= 15 is 0 Å². The van der Waals surface area contributed by atoms with Gasteiger partial charge in [0.25, 0.3) is 0 Å². The van der Waals surface area contributed by atoms with E-state index in [1.807, 2.05) is 29.6 Å². The molecule has 2 aromatic carbocycles. The number of rotatable bonds is 6. The van der Waals surface area contributed by atoms with Gasteiger partial charge in [-0.1, -0.05) is 12.1 Å². The number of aromatic nitrogens is 1. The van der Waals surface area contributed by atoms with Gasteiger partial charge in [0.15, 0.2) is 5.13 Å². The van der Waals surface area contributed by atoms with Crippen LogP contribution in [0.15, 0.2) is 58.8 Å². The minimum atomic E-state index is -3.43. The zero-order valence-corrected chi connectivity index (χ0v) is 15.3. The van der Waals surface area contributed by atoms with Crippen LogP contribution in [-0.2, 0) is 10.0 Å². The SMILES string of the molecule is CNS(=O)(=O)c1ccc(Nc2nc(-c3cccc(OC)c3)cs2)cc1. The first-order chi connectivity index (χ1) is 12.0. The highest BCUT2D eigenvalue weighted by atomic mass is 32.2. The number of ether oxygens (including phenoxy) is 1. The van der Waals surface area contributed by atoms with Crippen molar-refractivity contribution in [3.8, 4) is 17.0 Å². The van der Waals surface area contributed by atoms with E-state index in [0.29, 0.717) is 0 Å². The summed E-state index contributed by atoms with van der Waals surface area (Å²) in [5.74, 6) is 0.779. The number of hydrogen-bond donors (Lipinski definition) is 2. The number of hydrogen-bond acceptors (Lipinski definition) is 6. The molecule has 8 heteroatoms. The zero-order valence-electron chi connectivity index (χ0n) is 13.7. The van der Waals surface area contributed by atoms with Crippen molar-refractivity contribution in [3.63, 3.8) is 0 Å². The highest BCUT2D eigenvalue weighted by molar-refractivity contribution is 7.89. The largest absolute Gasteiger partial charge is 0.497 e. The Morgan fingerprint density at radius 2 is 1.88 bits per heavy atom. The third kappa shape index (κ3) is 3.98. The second kappa shape index (κ2) is 7.22. The summed E-state index contributed by atoms with van der Waals surface area (Å²) in [6, 6.07) is 14.2. The number of thiazole rings is 1. The predicted molar refractivity (Wildman–Crippen MR) is 100 cm³/mol. The molecule has 0 unspecified atom stereocenters. The van der Waals surface area contributed by atoms with E-state index in [9.17, 15) is 8.42 Å². The van der Waals surface area contributed by atoms with Crippen molar-refractivity contribution in [2.75, 3.05) is 19.5 Å². The van der Waals surface area contributed by atoms with Gasteiger partial charge in [0.1, 0.15) is 5.75 Å². The fourth-order valence-corrected chi connectivity index (χ4v) is 3.67. The Bertz CT molecular complexity index is 967. The lowest BCUT2D eigenvalue weighted by molar-refractivity contribution is 0.415. The van der Waals surface area contributed by atoms with Crippen LogP contribution in [0.25, 0.3) is 11.3 Å². The van der Waals surface area contributed by atoms with Crippen LogP contribution in [0.2, 0.25) is 0 Å². The van der Waals surface area contributed by atoms with Gasteiger partial charge in [0.05, 0.1) is 17.7 Å². The maximum atomic E-state index is 11.7. The molecule has 0 saturated heterocycles. The molecule has 0 bridgehead atoms. The minimum Gasteiger partial charge on any atom is -0.497 e. The fraction of sp³-hybridized carbons (Fsp3) is 0.118. The summed E-state index contributed by atoms with van der Waals surface area (Å²) in [5.41, 5.74) is 2.58. The number of methoxy groups -OCH3 is 1. The molecule has 1 heterocycles. The summed E-state index contributed by atoms with van der Waals surface area (Å²) in [4.78, 5) is 4.78. The maximum Gasteiger partial charge on any atom is 0.240 e. The predicted octanol–water partition coefficient (Wildman–Crippen LogP) is 3.47. The summed E-state index contributed by atoms with van der Waals surface area (Å²) in [7, 11) is -0.413. The molecule has 0 aliphatic carbocycles. The maximum absolute atomic E-state index is 11.7. The standard InChI is InChI=1S/C17H17N3O3S2/c1-18-25(21,22)15-8-6-13(7-9-15)19-17-20-16(11-24-17)12-4-3-5-14(10-12)23-2/h3-11,18H,1-2H3,(H,19,20). The van der Waals surface area contributed by atoms with Gasteiger partial charge in [-0.05, 0) is 43.4 Å². The molecule has 0 atom stereocenters. The Hall–Kier alpha value is -2.42. The van der Waals surface area contributed by atoms with Gasteiger partial charge in [0.2, 0.25) is 10.0 Å². The first kappa shape index (κ1) is 17.4. The number of nitrogens with zero attached hydrogens (tertiary/aromatic N) is 1. The number of nitrogens with one attached hydrogen (secondary N) is 2. The Morgan fingerprint density at radius 3 is 2.56 bits per heavy atom. The lowest BCUT2D eigenvalue weighted by atomic mass is 10.2. The third-order valence-electron chi connectivity index (χ3n) is 3.55. The summed E-state index contributed by atoms with van der Waals surface area (Å²) < 4.78 is 31.0. The summed E-state index contributed by atoms with van der Waals surface area (Å²) >= 11 is 1.47. The molecule has 0 spiro atoms. The quantitative estimate of drug-likeness (QED) is 0.690. The molecule has 3 rings (SSSR count). The molecule has 3 aromatic rings. The van der Waals surface area contributed by atoms with Crippen molar-refractivity contribution < 1.29 is 13.2 Å². The molecular weight excluding hydrogens is 358 g/mol. The molecule has 0 amide bonds. The van der Waals surface area contributed by atoms with E-state index < -0.39 is 10.0 Å². The van der Waals surface area contributed by atoms with Crippen LogP contribution in [0.1, 0.15) is 0 Å². The van der Waals surface area contributed by atoms with E-state index in [1.54, 1.807) is 31.4 Å². The lowest BCUT2D eigenvalue weighted by Gasteiger charge is -2.05. The highest BCUT2D eigenvalue weighted by Crippen LogP contribution is 2.29. The summed E-state index contributed by atoms with van der Waals surface area (Å²) in [6.07, 6.45) is 0.